The highest BCUT2D eigenvalue weighted by Gasteiger charge is 2.38. The second kappa shape index (κ2) is 4.79. The first kappa shape index (κ1) is 11.3. The molecule has 2 fully saturated rings. The molecule has 3 heteroatoms. The molecule has 1 saturated carbocycles. The van der Waals surface area contributed by atoms with Gasteiger partial charge in [-0.15, -0.1) is 0 Å². The van der Waals surface area contributed by atoms with E-state index >= 15 is 0 Å². The number of nitrogens with two attached hydrogens (primary N) is 1. The first-order valence-corrected chi connectivity index (χ1v) is 6.36. The molecule has 1 saturated heterocycles. The minimum Gasteiger partial charge on any atom is -0.329 e. The van der Waals surface area contributed by atoms with E-state index in [1.165, 1.54) is 32.1 Å². The number of alkyl halides is 1. The zero-order valence-electron chi connectivity index (χ0n) is 9.55. The first-order chi connectivity index (χ1) is 7.27. The standard InChI is InChI=1S/C12H23FN2/c13-11-4-8-15(9-5-11)12(10-14)6-2-1-3-7-12/h11H,1-10,14H2. The monoisotopic (exact) mass is 214 g/mol. The molecule has 2 aliphatic rings. The van der Waals surface area contributed by atoms with E-state index in [2.05, 4.69) is 4.90 Å². The molecule has 1 heterocycles. The highest BCUT2D eigenvalue weighted by molar-refractivity contribution is 4.95. The molecule has 0 spiro atoms. The van der Waals surface area contributed by atoms with E-state index in [9.17, 15) is 4.39 Å². The average molecular weight is 214 g/mol. The van der Waals surface area contributed by atoms with Crippen molar-refractivity contribution in [3.8, 4) is 0 Å². The minimum atomic E-state index is -0.570. The Morgan fingerprint density at radius 3 is 2.27 bits per heavy atom. The summed E-state index contributed by atoms with van der Waals surface area (Å²) < 4.78 is 13.1. The SMILES string of the molecule is NCC1(N2CCC(F)CC2)CCCCC1. The fraction of sp³-hybridized carbons (Fsp3) is 1.00. The number of hydrogen-bond acceptors (Lipinski definition) is 2. The number of halogens is 1. The van der Waals surface area contributed by atoms with Crippen LogP contribution in [0.25, 0.3) is 0 Å². The molecule has 15 heavy (non-hydrogen) atoms. The fourth-order valence-corrected chi connectivity index (χ4v) is 3.18. The van der Waals surface area contributed by atoms with Gasteiger partial charge in [-0.05, 0) is 25.7 Å². The van der Waals surface area contributed by atoms with Gasteiger partial charge in [-0.25, -0.2) is 4.39 Å². The maximum absolute atomic E-state index is 13.1. The van der Waals surface area contributed by atoms with Crippen LogP contribution < -0.4 is 5.73 Å². The smallest absolute Gasteiger partial charge is 0.103 e. The Morgan fingerprint density at radius 2 is 1.73 bits per heavy atom. The Hall–Kier alpha value is -0.150. The second-order valence-electron chi connectivity index (χ2n) is 5.15. The van der Waals surface area contributed by atoms with E-state index in [1.807, 2.05) is 0 Å². The van der Waals surface area contributed by atoms with Gasteiger partial charge in [0.25, 0.3) is 0 Å². The van der Waals surface area contributed by atoms with E-state index in [0.717, 1.165) is 19.6 Å². The summed E-state index contributed by atoms with van der Waals surface area (Å²) in [5.41, 5.74) is 6.19. The van der Waals surface area contributed by atoms with E-state index in [4.69, 9.17) is 5.73 Å². The Labute approximate surface area is 92.0 Å². The lowest BCUT2D eigenvalue weighted by Gasteiger charge is -2.48. The second-order valence-corrected chi connectivity index (χ2v) is 5.15. The van der Waals surface area contributed by atoms with E-state index < -0.39 is 6.17 Å². The van der Waals surface area contributed by atoms with Gasteiger partial charge in [-0.1, -0.05) is 19.3 Å². The molecule has 0 amide bonds. The van der Waals surface area contributed by atoms with Crippen LogP contribution in [0.4, 0.5) is 4.39 Å². The van der Waals surface area contributed by atoms with Crippen LogP contribution in [0.3, 0.4) is 0 Å². The molecule has 1 aliphatic heterocycles. The molecule has 0 atom stereocenters. The number of hydrogen-bond donors (Lipinski definition) is 1. The molecule has 1 aliphatic carbocycles. The van der Waals surface area contributed by atoms with Crippen molar-refractivity contribution in [2.45, 2.75) is 56.7 Å². The lowest BCUT2D eigenvalue weighted by Crippen LogP contribution is -2.57. The highest BCUT2D eigenvalue weighted by Crippen LogP contribution is 2.34. The van der Waals surface area contributed by atoms with Crippen LogP contribution in [0.2, 0.25) is 0 Å². The summed E-state index contributed by atoms with van der Waals surface area (Å²) in [6, 6.07) is 0. The van der Waals surface area contributed by atoms with E-state index in [1.54, 1.807) is 0 Å². The van der Waals surface area contributed by atoms with Crippen LogP contribution in [0.15, 0.2) is 0 Å². The maximum Gasteiger partial charge on any atom is 0.103 e. The van der Waals surface area contributed by atoms with Gasteiger partial charge < -0.3 is 5.73 Å². The average Bonchev–Trinajstić information content (AvgIpc) is 2.31. The molecule has 0 aromatic carbocycles. The van der Waals surface area contributed by atoms with Gasteiger partial charge >= 0.3 is 0 Å². The molecule has 0 bridgehead atoms. The Bertz CT molecular complexity index is 194. The number of nitrogens with zero attached hydrogens (tertiary/aromatic N) is 1. The Balaban J connectivity index is 1.98. The molecule has 0 radical (unpaired) electrons. The van der Waals surface area contributed by atoms with Crippen LogP contribution >= 0.6 is 0 Å². The van der Waals surface area contributed by atoms with Gasteiger partial charge in [0.1, 0.15) is 6.17 Å². The predicted octanol–water partition coefficient (Wildman–Crippen LogP) is 2.08. The van der Waals surface area contributed by atoms with Crippen LogP contribution in [-0.2, 0) is 0 Å². The first-order valence-electron chi connectivity index (χ1n) is 6.36. The van der Waals surface area contributed by atoms with Crippen molar-refractivity contribution in [2.24, 2.45) is 5.73 Å². The van der Waals surface area contributed by atoms with Crippen LogP contribution in [-0.4, -0.2) is 36.2 Å². The summed E-state index contributed by atoms with van der Waals surface area (Å²) >= 11 is 0. The summed E-state index contributed by atoms with van der Waals surface area (Å²) in [5.74, 6) is 0. The lowest BCUT2D eigenvalue weighted by molar-refractivity contribution is 0.0202. The largest absolute Gasteiger partial charge is 0.329 e. The molecule has 0 unspecified atom stereocenters. The van der Waals surface area contributed by atoms with E-state index in [0.29, 0.717) is 12.8 Å². The van der Waals surface area contributed by atoms with Gasteiger partial charge in [0.05, 0.1) is 0 Å². The van der Waals surface area contributed by atoms with Crippen molar-refractivity contribution in [1.29, 1.82) is 0 Å². The number of piperidine rings is 1. The molecule has 0 aromatic rings. The van der Waals surface area contributed by atoms with Gasteiger partial charge in [0.15, 0.2) is 0 Å². The molecule has 2 nitrogen and oxygen atoms in total. The summed E-state index contributed by atoms with van der Waals surface area (Å²) in [6.45, 7) is 2.58. The summed E-state index contributed by atoms with van der Waals surface area (Å²) in [5, 5.41) is 0. The summed E-state index contributed by atoms with van der Waals surface area (Å²) in [4.78, 5) is 2.47. The van der Waals surface area contributed by atoms with Crippen molar-refractivity contribution >= 4 is 0 Å². The van der Waals surface area contributed by atoms with Gasteiger partial charge in [-0.2, -0.15) is 0 Å². The normalized spacial score (nSPS) is 29.2. The summed E-state index contributed by atoms with van der Waals surface area (Å²) in [7, 11) is 0. The van der Waals surface area contributed by atoms with Crippen molar-refractivity contribution in [3.05, 3.63) is 0 Å². The molecule has 2 rings (SSSR count). The topological polar surface area (TPSA) is 29.3 Å². The van der Waals surface area contributed by atoms with Crippen molar-refractivity contribution in [2.75, 3.05) is 19.6 Å². The third-order valence-corrected chi connectivity index (χ3v) is 4.26. The van der Waals surface area contributed by atoms with Gasteiger partial charge in [-0.3, -0.25) is 4.90 Å². The quantitative estimate of drug-likeness (QED) is 0.762. The minimum absolute atomic E-state index is 0.221. The van der Waals surface area contributed by atoms with Gasteiger partial charge in [0, 0.05) is 25.2 Å². The third kappa shape index (κ3) is 2.34. The van der Waals surface area contributed by atoms with Crippen LogP contribution in [0, 0.1) is 0 Å². The lowest BCUT2D eigenvalue weighted by atomic mass is 9.79. The van der Waals surface area contributed by atoms with Crippen molar-refractivity contribution < 1.29 is 4.39 Å². The number of likely N-dealkylation sites (tertiary alicyclic amines) is 1. The fourth-order valence-electron chi connectivity index (χ4n) is 3.18. The Morgan fingerprint density at radius 1 is 1.13 bits per heavy atom. The molecular weight excluding hydrogens is 191 g/mol. The number of rotatable bonds is 2. The maximum atomic E-state index is 13.1. The zero-order valence-corrected chi connectivity index (χ0v) is 9.55. The zero-order chi connectivity index (χ0) is 10.7. The Kier molecular flexibility index (Phi) is 3.62. The predicted molar refractivity (Wildman–Crippen MR) is 60.6 cm³/mol. The van der Waals surface area contributed by atoms with E-state index in [-0.39, 0.29) is 5.54 Å². The molecule has 0 aromatic heterocycles. The van der Waals surface area contributed by atoms with Crippen molar-refractivity contribution in [3.63, 3.8) is 0 Å². The molecule has 88 valence electrons. The molecule has 2 N–H and O–H groups in total. The van der Waals surface area contributed by atoms with Crippen molar-refractivity contribution in [1.82, 2.24) is 4.90 Å². The highest BCUT2D eigenvalue weighted by atomic mass is 19.1. The van der Waals surface area contributed by atoms with Crippen LogP contribution in [0.1, 0.15) is 44.9 Å². The van der Waals surface area contributed by atoms with Crippen LogP contribution in [0.5, 0.6) is 0 Å². The third-order valence-electron chi connectivity index (χ3n) is 4.26. The molecular formula is C12H23FN2. The van der Waals surface area contributed by atoms with Gasteiger partial charge in [0.2, 0.25) is 0 Å². The summed E-state index contributed by atoms with van der Waals surface area (Å²) in [6.07, 6.45) is 7.24.